The van der Waals surface area contributed by atoms with Crippen LogP contribution < -0.4 is 0 Å². The van der Waals surface area contributed by atoms with Crippen LogP contribution >= 0.6 is 0 Å². The highest BCUT2D eigenvalue weighted by Crippen LogP contribution is 2.62. The molecule has 0 heteroatoms. The quantitative estimate of drug-likeness (QED) is 0.262. The predicted octanol–water partition coefficient (Wildman–Crippen LogP) is 9.31. The number of aryl methyl sites for hydroxylation is 2. The van der Waals surface area contributed by atoms with Gasteiger partial charge in [0.1, 0.15) is 0 Å². The Kier molecular flexibility index (Phi) is 5.72. The van der Waals surface area contributed by atoms with Crippen molar-refractivity contribution in [3.8, 4) is 11.1 Å². The molecule has 2 aliphatic rings. The van der Waals surface area contributed by atoms with Crippen LogP contribution in [0.25, 0.3) is 11.1 Å². The van der Waals surface area contributed by atoms with Crippen LogP contribution in [0.3, 0.4) is 0 Å². The molecule has 0 N–H and O–H groups in total. The minimum absolute atomic E-state index is 0.173. The molecule has 2 aliphatic carbocycles. The summed E-state index contributed by atoms with van der Waals surface area (Å²) in [7, 11) is 0. The highest BCUT2D eigenvalue weighted by molar-refractivity contribution is 5.74. The molecular formula is C36H36. The Balaban J connectivity index is 1.72. The molecule has 0 heterocycles. The molecule has 0 aromatic heterocycles. The molecule has 36 heavy (non-hydrogen) atoms. The summed E-state index contributed by atoms with van der Waals surface area (Å²) in [5.74, 6) is 1.57. The van der Waals surface area contributed by atoms with Gasteiger partial charge < -0.3 is 0 Å². The normalized spacial score (nSPS) is 24.4. The molecule has 0 saturated heterocycles. The molecule has 4 atom stereocenters. The lowest BCUT2D eigenvalue weighted by Gasteiger charge is -2.44. The number of fused-ring (bicyclic) bond motifs is 3. The first-order chi connectivity index (χ1) is 17.6. The Morgan fingerprint density at radius 2 is 1.28 bits per heavy atom. The van der Waals surface area contributed by atoms with E-state index in [-0.39, 0.29) is 5.41 Å². The largest absolute Gasteiger partial charge is 0.0848 e. The van der Waals surface area contributed by atoms with E-state index in [1.807, 2.05) is 0 Å². The molecule has 4 aromatic rings. The smallest absolute Gasteiger partial charge is 0.0496 e. The molecule has 4 unspecified atom stereocenters. The van der Waals surface area contributed by atoms with Crippen molar-refractivity contribution in [2.24, 2.45) is 11.8 Å². The van der Waals surface area contributed by atoms with Gasteiger partial charge in [-0.05, 0) is 95.5 Å². The first kappa shape index (κ1) is 23.0. The van der Waals surface area contributed by atoms with Crippen LogP contribution in [0.1, 0.15) is 64.6 Å². The van der Waals surface area contributed by atoms with E-state index in [9.17, 15) is 0 Å². The lowest BCUT2D eigenvalue weighted by molar-refractivity contribution is 0.296. The number of benzene rings is 4. The maximum atomic E-state index is 2.54. The summed E-state index contributed by atoms with van der Waals surface area (Å²) in [5.41, 5.74) is 12.6. The fraction of sp³-hybridized carbons (Fsp3) is 0.278. The number of hydrogen-bond acceptors (Lipinski definition) is 0. The molecule has 0 aliphatic heterocycles. The van der Waals surface area contributed by atoms with Crippen LogP contribution in [-0.4, -0.2) is 0 Å². The summed E-state index contributed by atoms with van der Waals surface area (Å²) < 4.78 is 0. The second-order valence-corrected chi connectivity index (χ2v) is 10.9. The van der Waals surface area contributed by atoms with E-state index in [0.29, 0.717) is 17.8 Å². The van der Waals surface area contributed by atoms with E-state index >= 15 is 0 Å². The summed E-state index contributed by atoms with van der Waals surface area (Å²) in [5, 5.41) is 0. The van der Waals surface area contributed by atoms with Gasteiger partial charge in [0.25, 0.3) is 0 Å². The fourth-order valence-electron chi connectivity index (χ4n) is 7.46. The van der Waals surface area contributed by atoms with Gasteiger partial charge in [0.15, 0.2) is 0 Å². The van der Waals surface area contributed by atoms with E-state index in [1.54, 1.807) is 0 Å². The van der Waals surface area contributed by atoms with Crippen molar-refractivity contribution in [2.75, 3.05) is 0 Å². The van der Waals surface area contributed by atoms with Crippen molar-refractivity contribution in [3.05, 3.63) is 142 Å². The van der Waals surface area contributed by atoms with Crippen LogP contribution in [0.5, 0.6) is 0 Å². The number of hydrogen-bond donors (Lipinski definition) is 0. The van der Waals surface area contributed by atoms with E-state index < -0.39 is 0 Å². The lowest BCUT2D eigenvalue weighted by Crippen LogP contribution is -2.39. The SMILES string of the molecule is CCC1C=CC2c3ccccc3C(c3ccccc3C)(c3cccc(-c4ccccc4C)c3C)C2C1. The number of allylic oxidation sites excluding steroid dienone is 2. The standard InChI is InChI=1S/C36H36/c1-5-27-21-22-31-30-16-9-11-19-34(30)36(35(31)23-27,32-18-10-7-14-25(32)3)33-20-12-17-29(26(33)4)28-15-8-6-13-24(28)2/h6-22,27,31,35H,5,23H2,1-4H3. The van der Waals surface area contributed by atoms with E-state index in [1.165, 1.54) is 62.9 Å². The Labute approximate surface area is 216 Å². The van der Waals surface area contributed by atoms with Crippen LogP contribution in [-0.2, 0) is 5.41 Å². The molecule has 0 radical (unpaired) electrons. The zero-order chi connectivity index (χ0) is 24.9. The highest BCUT2D eigenvalue weighted by atomic mass is 14.6. The zero-order valence-corrected chi connectivity index (χ0v) is 22.0. The highest BCUT2D eigenvalue weighted by Gasteiger charge is 2.55. The first-order valence-electron chi connectivity index (χ1n) is 13.6. The minimum Gasteiger partial charge on any atom is -0.0848 e. The van der Waals surface area contributed by atoms with Crippen molar-refractivity contribution in [2.45, 2.75) is 51.9 Å². The molecule has 0 amide bonds. The Morgan fingerprint density at radius 3 is 2.03 bits per heavy atom. The molecule has 0 saturated carbocycles. The molecule has 0 fully saturated rings. The maximum absolute atomic E-state index is 2.54. The van der Waals surface area contributed by atoms with Gasteiger partial charge in [-0.3, -0.25) is 0 Å². The topological polar surface area (TPSA) is 0 Å². The van der Waals surface area contributed by atoms with Gasteiger partial charge in [0.05, 0.1) is 0 Å². The molecule has 4 aromatic carbocycles. The van der Waals surface area contributed by atoms with Gasteiger partial charge in [-0.25, -0.2) is 0 Å². The van der Waals surface area contributed by atoms with E-state index in [0.717, 1.165) is 0 Å². The monoisotopic (exact) mass is 468 g/mol. The third-order valence-corrected chi connectivity index (χ3v) is 9.17. The minimum atomic E-state index is -0.173. The van der Waals surface area contributed by atoms with Crippen molar-refractivity contribution < 1.29 is 0 Å². The van der Waals surface area contributed by atoms with Crippen LogP contribution in [0, 0.1) is 32.6 Å². The molecule has 0 spiro atoms. The van der Waals surface area contributed by atoms with Crippen LogP contribution in [0.15, 0.2) is 103 Å². The summed E-state index contributed by atoms with van der Waals surface area (Å²) in [6.07, 6.45) is 7.46. The maximum Gasteiger partial charge on any atom is 0.0496 e. The van der Waals surface area contributed by atoms with Gasteiger partial charge in [-0.2, -0.15) is 0 Å². The van der Waals surface area contributed by atoms with Gasteiger partial charge in [-0.15, -0.1) is 0 Å². The van der Waals surface area contributed by atoms with Crippen molar-refractivity contribution in [1.82, 2.24) is 0 Å². The number of rotatable bonds is 4. The van der Waals surface area contributed by atoms with E-state index in [4.69, 9.17) is 0 Å². The second-order valence-electron chi connectivity index (χ2n) is 10.9. The lowest BCUT2D eigenvalue weighted by atomic mass is 9.58. The van der Waals surface area contributed by atoms with Crippen molar-refractivity contribution in [1.29, 1.82) is 0 Å². The molecular weight excluding hydrogens is 432 g/mol. The fourth-order valence-corrected chi connectivity index (χ4v) is 7.46. The summed E-state index contributed by atoms with van der Waals surface area (Å²) >= 11 is 0. The first-order valence-corrected chi connectivity index (χ1v) is 13.6. The van der Waals surface area contributed by atoms with Gasteiger partial charge in [-0.1, -0.05) is 110 Å². The van der Waals surface area contributed by atoms with Gasteiger partial charge in [0, 0.05) is 11.3 Å². The average Bonchev–Trinajstić information content (AvgIpc) is 3.20. The summed E-state index contributed by atoms with van der Waals surface area (Å²) in [6.45, 7) is 9.25. The molecule has 0 bridgehead atoms. The summed E-state index contributed by atoms with van der Waals surface area (Å²) in [6, 6.07) is 34.3. The summed E-state index contributed by atoms with van der Waals surface area (Å²) in [4.78, 5) is 0. The molecule has 6 rings (SSSR count). The zero-order valence-electron chi connectivity index (χ0n) is 22.0. The Hall–Kier alpha value is -3.38. The van der Waals surface area contributed by atoms with Gasteiger partial charge in [0.2, 0.25) is 0 Å². The Bertz CT molecular complexity index is 1450. The molecule has 180 valence electrons. The predicted molar refractivity (Wildman–Crippen MR) is 153 cm³/mol. The Morgan fingerprint density at radius 1 is 0.639 bits per heavy atom. The molecule has 0 nitrogen and oxygen atoms in total. The van der Waals surface area contributed by atoms with E-state index in [2.05, 4.69) is 131 Å². The third kappa shape index (κ3) is 3.27. The average molecular weight is 469 g/mol. The van der Waals surface area contributed by atoms with Crippen LogP contribution in [0.2, 0.25) is 0 Å². The van der Waals surface area contributed by atoms with Crippen molar-refractivity contribution >= 4 is 0 Å². The third-order valence-electron chi connectivity index (χ3n) is 9.17. The van der Waals surface area contributed by atoms with Gasteiger partial charge >= 0.3 is 0 Å². The van der Waals surface area contributed by atoms with Crippen molar-refractivity contribution in [3.63, 3.8) is 0 Å². The second kappa shape index (κ2) is 8.93. The van der Waals surface area contributed by atoms with Crippen LogP contribution in [0.4, 0.5) is 0 Å².